The Hall–Kier alpha value is -2.19. The molecule has 0 spiro atoms. The highest BCUT2D eigenvalue weighted by atomic mass is 19.1. The lowest BCUT2D eigenvalue weighted by Crippen LogP contribution is -2.23. The summed E-state index contributed by atoms with van der Waals surface area (Å²) < 4.78 is 13.5. The van der Waals surface area contributed by atoms with Gasteiger partial charge in [-0.15, -0.1) is 0 Å². The minimum atomic E-state index is -0.446. The predicted molar refractivity (Wildman–Crippen MR) is 88.7 cm³/mol. The SMILES string of the molecule is N#Cc1cc(CN2CCCC2c2nc3c([nH]2)CCCC3)ccc1F. The van der Waals surface area contributed by atoms with Crippen molar-refractivity contribution in [2.75, 3.05) is 6.54 Å². The van der Waals surface area contributed by atoms with E-state index in [9.17, 15) is 4.39 Å². The van der Waals surface area contributed by atoms with Gasteiger partial charge in [-0.1, -0.05) is 6.07 Å². The van der Waals surface area contributed by atoms with Crippen LogP contribution in [0.5, 0.6) is 0 Å². The molecular formula is C19H21FN4. The second-order valence-corrected chi connectivity index (χ2v) is 6.81. The molecule has 1 aliphatic carbocycles. The average molecular weight is 324 g/mol. The minimum Gasteiger partial charge on any atom is -0.344 e. The summed E-state index contributed by atoms with van der Waals surface area (Å²) in [5.41, 5.74) is 3.67. The number of nitrogens with one attached hydrogen (secondary N) is 1. The van der Waals surface area contributed by atoms with E-state index in [1.165, 1.54) is 30.3 Å². The first kappa shape index (κ1) is 15.3. The summed E-state index contributed by atoms with van der Waals surface area (Å²) in [6.07, 6.45) is 6.91. The molecule has 1 aromatic heterocycles. The number of nitrogens with zero attached hydrogens (tertiary/aromatic N) is 3. The van der Waals surface area contributed by atoms with Gasteiger partial charge >= 0.3 is 0 Å². The summed E-state index contributed by atoms with van der Waals surface area (Å²) in [7, 11) is 0. The zero-order valence-electron chi connectivity index (χ0n) is 13.7. The van der Waals surface area contributed by atoms with Crippen LogP contribution in [0, 0.1) is 17.1 Å². The largest absolute Gasteiger partial charge is 0.344 e. The molecule has 1 saturated heterocycles. The lowest BCUT2D eigenvalue weighted by atomic mass is 10.0. The van der Waals surface area contributed by atoms with Gasteiger partial charge in [-0.25, -0.2) is 9.37 Å². The molecule has 5 heteroatoms. The van der Waals surface area contributed by atoms with E-state index < -0.39 is 5.82 Å². The summed E-state index contributed by atoms with van der Waals surface area (Å²) in [6, 6.07) is 7.06. The van der Waals surface area contributed by atoms with Crippen LogP contribution >= 0.6 is 0 Å². The molecule has 1 unspecified atom stereocenters. The Bertz CT molecular complexity index is 766. The zero-order valence-corrected chi connectivity index (χ0v) is 13.7. The van der Waals surface area contributed by atoms with Crippen LogP contribution in [0.2, 0.25) is 0 Å². The highest BCUT2D eigenvalue weighted by Crippen LogP contribution is 2.33. The van der Waals surface area contributed by atoms with Gasteiger partial charge in [0.2, 0.25) is 0 Å². The van der Waals surface area contributed by atoms with Crippen LogP contribution in [0.4, 0.5) is 4.39 Å². The van der Waals surface area contributed by atoms with Gasteiger partial charge < -0.3 is 4.98 Å². The van der Waals surface area contributed by atoms with Crippen molar-refractivity contribution in [3.8, 4) is 6.07 Å². The van der Waals surface area contributed by atoms with Crippen LogP contribution in [0.1, 0.15) is 60.1 Å². The molecule has 0 bridgehead atoms. The van der Waals surface area contributed by atoms with Crippen molar-refractivity contribution in [3.05, 3.63) is 52.4 Å². The van der Waals surface area contributed by atoms with E-state index in [1.807, 2.05) is 6.07 Å². The Morgan fingerprint density at radius 1 is 1.29 bits per heavy atom. The number of aromatic nitrogens is 2. The van der Waals surface area contributed by atoms with E-state index >= 15 is 0 Å². The molecule has 2 heterocycles. The summed E-state index contributed by atoms with van der Waals surface area (Å²) >= 11 is 0. The molecule has 2 aliphatic rings. The van der Waals surface area contributed by atoms with Crippen molar-refractivity contribution < 1.29 is 4.39 Å². The zero-order chi connectivity index (χ0) is 16.5. The maximum atomic E-state index is 13.5. The number of H-pyrrole nitrogens is 1. The van der Waals surface area contributed by atoms with Crippen molar-refractivity contribution in [2.45, 2.75) is 51.1 Å². The first-order valence-corrected chi connectivity index (χ1v) is 8.75. The van der Waals surface area contributed by atoms with E-state index in [1.54, 1.807) is 12.1 Å². The highest BCUT2D eigenvalue weighted by molar-refractivity contribution is 5.34. The van der Waals surface area contributed by atoms with Crippen molar-refractivity contribution in [1.82, 2.24) is 14.9 Å². The third kappa shape index (κ3) is 2.83. The maximum Gasteiger partial charge on any atom is 0.140 e. The highest BCUT2D eigenvalue weighted by Gasteiger charge is 2.29. The molecule has 1 aliphatic heterocycles. The van der Waals surface area contributed by atoms with E-state index in [4.69, 9.17) is 10.2 Å². The third-order valence-electron chi connectivity index (χ3n) is 5.19. The standard InChI is InChI=1S/C19H21FN4/c20-15-8-7-13(10-14(15)11-21)12-24-9-3-6-18(24)19-22-16-4-1-2-5-17(16)23-19/h7-8,10,18H,1-6,9,12H2,(H,22,23). The molecule has 1 aromatic carbocycles. The summed E-state index contributed by atoms with van der Waals surface area (Å²) in [4.78, 5) is 10.8. The van der Waals surface area contributed by atoms with Crippen LogP contribution in [-0.2, 0) is 19.4 Å². The maximum absolute atomic E-state index is 13.5. The van der Waals surface area contributed by atoms with Crippen LogP contribution < -0.4 is 0 Å². The van der Waals surface area contributed by atoms with Crippen molar-refractivity contribution >= 4 is 0 Å². The quantitative estimate of drug-likeness (QED) is 0.938. The molecule has 0 saturated carbocycles. The molecule has 1 N–H and O–H groups in total. The number of benzene rings is 1. The molecule has 0 amide bonds. The Labute approximate surface area is 141 Å². The average Bonchev–Trinajstić information content (AvgIpc) is 3.22. The van der Waals surface area contributed by atoms with Crippen LogP contribution in [0.15, 0.2) is 18.2 Å². The second-order valence-electron chi connectivity index (χ2n) is 6.81. The Morgan fingerprint density at radius 3 is 3.00 bits per heavy atom. The van der Waals surface area contributed by atoms with Gasteiger partial charge in [-0.2, -0.15) is 5.26 Å². The molecule has 1 atom stereocenters. The molecule has 4 rings (SSSR count). The number of aryl methyl sites for hydroxylation is 2. The fourth-order valence-corrected chi connectivity index (χ4v) is 3.95. The van der Waals surface area contributed by atoms with Crippen molar-refractivity contribution in [2.24, 2.45) is 0 Å². The fraction of sp³-hybridized carbons (Fsp3) is 0.474. The summed E-state index contributed by atoms with van der Waals surface area (Å²) in [5.74, 6) is 0.639. The van der Waals surface area contributed by atoms with E-state index in [0.29, 0.717) is 6.04 Å². The van der Waals surface area contributed by atoms with Crippen LogP contribution in [0.3, 0.4) is 0 Å². The molecule has 24 heavy (non-hydrogen) atoms. The van der Waals surface area contributed by atoms with Gasteiger partial charge in [0.1, 0.15) is 17.7 Å². The van der Waals surface area contributed by atoms with E-state index in [2.05, 4.69) is 9.88 Å². The Morgan fingerprint density at radius 2 is 2.17 bits per heavy atom. The van der Waals surface area contributed by atoms with Gasteiger partial charge in [0.25, 0.3) is 0 Å². The number of hydrogen-bond donors (Lipinski definition) is 1. The molecule has 4 nitrogen and oxygen atoms in total. The van der Waals surface area contributed by atoms with Crippen molar-refractivity contribution in [3.63, 3.8) is 0 Å². The second kappa shape index (κ2) is 6.37. The smallest absolute Gasteiger partial charge is 0.140 e. The number of fused-ring (bicyclic) bond motifs is 1. The number of nitriles is 1. The molecule has 2 aromatic rings. The van der Waals surface area contributed by atoms with Crippen LogP contribution in [0.25, 0.3) is 0 Å². The number of rotatable bonds is 3. The predicted octanol–water partition coefficient (Wildman–Crippen LogP) is 3.64. The van der Waals surface area contributed by atoms with Gasteiger partial charge in [0, 0.05) is 12.2 Å². The van der Waals surface area contributed by atoms with E-state index in [0.717, 1.165) is 50.2 Å². The normalized spacial score (nSPS) is 20.8. The van der Waals surface area contributed by atoms with Gasteiger partial charge in [0.05, 0.1) is 17.3 Å². The summed E-state index contributed by atoms with van der Waals surface area (Å²) in [5, 5.41) is 9.01. The monoisotopic (exact) mass is 324 g/mol. The lowest BCUT2D eigenvalue weighted by Gasteiger charge is -2.23. The molecule has 0 radical (unpaired) electrons. The Kier molecular flexibility index (Phi) is 4.07. The molecule has 1 fully saturated rings. The number of halogens is 1. The molecule has 124 valence electrons. The van der Waals surface area contributed by atoms with Crippen molar-refractivity contribution in [1.29, 1.82) is 5.26 Å². The summed E-state index contributed by atoms with van der Waals surface area (Å²) in [6.45, 7) is 1.74. The van der Waals surface area contributed by atoms with Gasteiger partial charge in [-0.05, 0) is 62.8 Å². The number of likely N-dealkylation sites (tertiary alicyclic amines) is 1. The van der Waals surface area contributed by atoms with E-state index in [-0.39, 0.29) is 5.56 Å². The lowest BCUT2D eigenvalue weighted by molar-refractivity contribution is 0.240. The first-order chi connectivity index (χ1) is 11.7. The van der Waals surface area contributed by atoms with Gasteiger partial charge in [-0.3, -0.25) is 4.90 Å². The number of hydrogen-bond acceptors (Lipinski definition) is 3. The topological polar surface area (TPSA) is 55.7 Å². The fourth-order valence-electron chi connectivity index (χ4n) is 3.95. The number of aromatic amines is 1. The number of imidazole rings is 1. The minimum absolute atomic E-state index is 0.122. The third-order valence-corrected chi connectivity index (χ3v) is 5.19. The van der Waals surface area contributed by atoms with Gasteiger partial charge in [0.15, 0.2) is 0 Å². The Balaban J connectivity index is 1.55. The van der Waals surface area contributed by atoms with Crippen LogP contribution in [-0.4, -0.2) is 21.4 Å². The molecular weight excluding hydrogens is 303 g/mol. The first-order valence-electron chi connectivity index (χ1n) is 8.75.